The number of rotatable bonds is 6. The van der Waals surface area contributed by atoms with Gasteiger partial charge in [0.1, 0.15) is 6.04 Å². The molecule has 1 aromatic rings. The van der Waals surface area contributed by atoms with Crippen LogP contribution in [0.5, 0.6) is 0 Å². The van der Waals surface area contributed by atoms with Crippen LogP contribution in [0.15, 0.2) is 30.3 Å². The van der Waals surface area contributed by atoms with E-state index in [0.717, 1.165) is 18.7 Å². The minimum Gasteiger partial charge on any atom is -0.465 e. The summed E-state index contributed by atoms with van der Waals surface area (Å²) in [6, 6.07) is 9.51. The highest BCUT2D eigenvalue weighted by Crippen LogP contribution is 2.21. The van der Waals surface area contributed by atoms with E-state index in [4.69, 9.17) is 4.74 Å². The predicted octanol–water partition coefficient (Wildman–Crippen LogP) is 2.63. The van der Waals surface area contributed by atoms with Gasteiger partial charge in [0, 0.05) is 0 Å². The summed E-state index contributed by atoms with van der Waals surface area (Å²) in [4.78, 5) is 14.1. The Kier molecular flexibility index (Phi) is 5.70. The zero-order valence-corrected chi connectivity index (χ0v) is 10.8. The van der Waals surface area contributed by atoms with E-state index in [1.807, 2.05) is 37.3 Å². The zero-order valence-electron chi connectivity index (χ0n) is 10.8. The Bertz CT molecular complexity index is 333. The van der Waals surface area contributed by atoms with Crippen LogP contribution in [0.4, 0.5) is 0 Å². The third-order valence-corrected chi connectivity index (χ3v) is 2.80. The van der Waals surface area contributed by atoms with Gasteiger partial charge in [-0.2, -0.15) is 0 Å². The van der Waals surface area contributed by atoms with Gasteiger partial charge in [0.2, 0.25) is 0 Å². The van der Waals surface area contributed by atoms with Crippen LogP contribution in [0, 0.1) is 0 Å². The van der Waals surface area contributed by atoms with Crippen molar-refractivity contribution in [1.29, 1.82) is 0 Å². The Morgan fingerprint density at radius 1 is 1.18 bits per heavy atom. The molecule has 0 saturated heterocycles. The van der Waals surface area contributed by atoms with E-state index < -0.39 is 0 Å². The second-order valence-electron chi connectivity index (χ2n) is 3.79. The van der Waals surface area contributed by atoms with Crippen LogP contribution in [0.1, 0.15) is 32.4 Å². The van der Waals surface area contributed by atoms with Crippen LogP contribution in [0.3, 0.4) is 0 Å². The number of ether oxygens (including phenoxy) is 1. The number of hydrogen-bond acceptors (Lipinski definition) is 3. The van der Waals surface area contributed by atoms with Crippen molar-refractivity contribution in [3.8, 4) is 0 Å². The van der Waals surface area contributed by atoms with Gasteiger partial charge < -0.3 is 4.74 Å². The second-order valence-corrected chi connectivity index (χ2v) is 3.79. The van der Waals surface area contributed by atoms with Crippen molar-refractivity contribution in [3.05, 3.63) is 35.9 Å². The molecule has 0 amide bonds. The molecule has 0 fully saturated rings. The third kappa shape index (κ3) is 3.56. The number of benzene rings is 1. The minimum absolute atomic E-state index is 0.164. The Hall–Kier alpha value is -1.35. The van der Waals surface area contributed by atoms with E-state index >= 15 is 0 Å². The molecule has 0 unspecified atom stereocenters. The number of carbonyl (C=O) groups excluding carboxylic acids is 1. The van der Waals surface area contributed by atoms with Gasteiger partial charge in [-0.25, -0.2) is 4.79 Å². The van der Waals surface area contributed by atoms with E-state index in [1.165, 1.54) is 0 Å². The van der Waals surface area contributed by atoms with Crippen LogP contribution in [-0.2, 0) is 9.53 Å². The summed E-state index contributed by atoms with van der Waals surface area (Å²) in [6.45, 7) is 8.02. The second kappa shape index (κ2) is 7.07. The molecular formula is C14H21NO2. The lowest BCUT2D eigenvalue weighted by Gasteiger charge is -2.28. The van der Waals surface area contributed by atoms with E-state index in [9.17, 15) is 4.79 Å². The van der Waals surface area contributed by atoms with Crippen molar-refractivity contribution in [2.75, 3.05) is 19.7 Å². The Morgan fingerprint density at radius 2 is 1.76 bits per heavy atom. The quantitative estimate of drug-likeness (QED) is 0.710. The van der Waals surface area contributed by atoms with E-state index in [2.05, 4.69) is 18.7 Å². The summed E-state index contributed by atoms with van der Waals surface area (Å²) in [5, 5.41) is 0. The highest BCUT2D eigenvalue weighted by molar-refractivity contribution is 5.77. The summed E-state index contributed by atoms with van der Waals surface area (Å²) in [5.74, 6) is -0.164. The van der Waals surface area contributed by atoms with E-state index in [0.29, 0.717) is 6.61 Å². The molecule has 1 atom stereocenters. The van der Waals surface area contributed by atoms with Crippen molar-refractivity contribution < 1.29 is 9.53 Å². The lowest BCUT2D eigenvalue weighted by molar-refractivity contribution is -0.149. The average molecular weight is 235 g/mol. The largest absolute Gasteiger partial charge is 0.465 e. The zero-order chi connectivity index (χ0) is 12.7. The van der Waals surface area contributed by atoms with Crippen molar-refractivity contribution >= 4 is 5.97 Å². The fraction of sp³-hybridized carbons (Fsp3) is 0.500. The summed E-state index contributed by atoms with van der Waals surface area (Å²) in [6.07, 6.45) is 0. The molecule has 0 aromatic heterocycles. The number of esters is 1. The summed E-state index contributed by atoms with van der Waals surface area (Å²) >= 11 is 0. The van der Waals surface area contributed by atoms with Crippen molar-refractivity contribution in [3.63, 3.8) is 0 Å². The number of carbonyl (C=O) groups is 1. The standard InChI is InChI=1S/C14H21NO2/c1-4-15(5-2)13(14(16)17-6-3)12-10-8-7-9-11-12/h7-11,13H,4-6H2,1-3H3/t13-/m1/s1. The maximum atomic E-state index is 12.0. The predicted molar refractivity (Wildman–Crippen MR) is 68.7 cm³/mol. The normalized spacial score (nSPS) is 12.5. The number of hydrogen-bond donors (Lipinski definition) is 0. The summed E-state index contributed by atoms with van der Waals surface area (Å²) in [7, 11) is 0. The van der Waals surface area contributed by atoms with Crippen molar-refractivity contribution in [2.24, 2.45) is 0 Å². The number of likely N-dealkylation sites (N-methyl/N-ethyl adjacent to an activating group) is 1. The maximum Gasteiger partial charge on any atom is 0.327 e. The smallest absolute Gasteiger partial charge is 0.327 e. The molecule has 3 nitrogen and oxygen atoms in total. The molecule has 0 aliphatic rings. The first-order chi connectivity index (χ1) is 8.24. The number of nitrogens with zero attached hydrogens (tertiary/aromatic N) is 1. The summed E-state index contributed by atoms with van der Waals surface area (Å²) < 4.78 is 5.16. The first kappa shape index (κ1) is 13.7. The monoisotopic (exact) mass is 235 g/mol. The molecule has 0 aliphatic heterocycles. The topological polar surface area (TPSA) is 29.5 Å². The highest BCUT2D eigenvalue weighted by Gasteiger charge is 2.26. The Morgan fingerprint density at radius 3 is 2.24 bits per heavy atom. The maximum absolute atomic E-state index is 12.0. The molecule has 0 heterocycles. The van der Waals surface area contributed by atoms with Gasteiger partial charge >= 0.3 is 5.97 Å². The SMILES string of the molecule is CCOC(=O)[C@@H](c1ccccc1)N(CC)CC. The van der Waals surface area contributed by atoms with E-state index in [1.54, 1.807) is 0 Å². The first-order valence-corrected chi connectivity index (χ1v) is 6.20. The molecule has 1 aromatic carbocycles. The molecule has 17 heavy (non-hydrogen) atoms. The molecule has 3 heteroatoms. The van der Waals surface area contributed by atoms with Gasteiger partial charge in [0.15, 0.2) is 0 Å². The summed E-state index contributed by atoms with van der Waals surface area (Å²) in [5.41, 5.74) is 0.995. The molecule has 0 spiro atoms. The Labute approximate surface area is 103 Å². The van der Waals surface area contributed by atoms with Gasteiger partial charge in [-0.05, 0) is 25.6 Å². The fourth-order valence-corrected chi connectivity index (χ4v) is 1.94. The molecule has 0 aliphatic carbocycles. The molecule has 0 bridgehead atoms. The lowest BCUT2D eigenvalue weighted by atomic mass is 10.1. The molecule has 94 valence electrons. The van der Waals surface area contributed by atoms with Crippen LogP contribution in [-0.4, -0.2) is 30.6 Å². The molecule has 0 radical (unpaired) electrons. The molecule has 1 rings (SSSR count). The van der Waals surface area contributed by atoms with Gasteiger partial charge in [-0.3, -0.25) is 4.90 Å². The third-order valence-electron chi connectivity index (χ3n) is 2.80. The van der Waals surface area contributed by atoms with Crippen LogP contribution < -0.4 is 0 Å². The minimum atomic E-state index is -0.286. The average Bonchev–Trinajstić information content (AvgIpc) is 2.37. The van der Waals surface area contributed by atoms with Gasteiger partial charge in [-0.1, -0.05) is 44.2 Å². The molecule has 0 N–H and O–H groups in total. The van der Waals surface area contributed by atoms with Gasteiger partial charge in [0.25, 0.3) is 0 Å². The highest BCUT2D eigenvalue weighted by atomic mass is 16.5. The first-order valence-electron chi connectivity index (χ1n) is 6.20. The fourth-order valence-electron chi connectivity index (χ4n) is 1.94. The Balaban J connectivity index is 2.97. The van der Waals surface area contributed by atoms with Crippen molar-refractivity contribution in [2.45, 2.75) is 26.8 Å². The van der Waals surface area contributed by atoms with Crippen LogP contribution >= 0.6 is 0 Å². The van der Waals surface area contributed by atoms with E-state index in [-0.39, 0.29) is 12.0 Å². The van der Waals surface area contributed by atoms with Gasteiger partial charge in [-0.15, -0.1) is 0 Å². The van der Waals surface area contributed by atoms with Crippen LogP contribution in [0.25, 0.3) is 0 Å². The lowest BCUT2D eigenvalue weighted by Crippen LogP contribution is -2.35. The van der Waals surface area contributed by atoms with Crippen molar-refractivity contribution in [1.82, 2.24) is 4.90 Å². The van der Waals surface area contributed by atoms with Crippen LogP contribution in [0.2, 0.25) is 0 Å². The molecule has 0 saturated carbocycles. The van der Waals surface area contributed by atoms with Gasteiger partial charge in [0.05, 0.1) is 6.61 Å². The molecular weight excluding hydrogens is 214 g/mol.